The summed E-state index contributed by atoms with van der Waals surface area (Å²) in [5.41, 5.74) is 2.36. The lowest BCUT2D eigenvalue weighted by Gasteiger charge is -2.35. The van der Waals surface area contributed by atoms with Gasteiger partial charge in [-0.3, -0.25) is 4.79 Å². The zero-order valence-electron chi connectivity index (χ0n) is 11.6. The molecule has 0 saturated heterocycles. The highest BCUT2D eigenvalue weighted by Crippen LogP contribution is 2.32. The van der Waals surface area contributed by atoms with Crippen molar-refractivity contribution in [1.82, 2.24) is 0 Å². The molecule has 1 aliphatic heterocycles. The van der Waals surface area contributed by atoms with Gasteiger partial charge in [0.05, 0.1) is 0 Å². The number of halogens is 2. The van der Waals surface area contributed by atoms with Crippen molar-refractivity contribution in [2.75, 3.05) is 4.90 Å². The second kappa shape index (κ2) is 5.60. The fourth-order valence-electron chi connectivity index (χ4n) is 2.76. The number of aryl methyl sites for hydroxylation is 1. The lowest BCUT2D eigenvalue weighted by molar-refractivity contribution is 0.0975. The van der Waals surface area contributed by atoms with Crippen LogP contribution in [-0.4, -0.2) is 11.9 Å². The van der Waals surface area contributed by atoms with Gasteiger partial charge in [0, 0.05) is 21.8 Å². The molecule has 1 atom stereocenters. The van der Waals surface area contributed by atoms with Gasteiger partial charge in [-0.15, -0.1) is 0 Å². The van der Waals surface area contributed by atoms with E-state index in [0.717, 1.165) is 28.6 Å². The smallest absolute Gasteiger partial charge is 0.258 e. The van der Waals surface area contributed by atoms with Crippen molar-refractivity contribution in [3.8, 4) is 0 Å². The van der Waals surface area contributed by atoms with Crippen molar-refractivity contribution in [3.05, 3.63) is 63.9 Å². The zero-order valence-corrected chi connectivity index (χ0v) is 13.2. The van der Waals surface area contributed by atoms with E-state index in [9.17, 15) is 9.18 Å². The van der Waals surface area contributed by atoms with Gasteiger partial charge in [0.2, 0.25) is 0 Å². The Labute approximate surface area is 131 Å². The first kappa shape index (κ1) is 14.3. The van der Waals surface area contributed by atoms with Gasteiger partial charge >= 0.3 is 0 Å². The van der Waals surface area contributed by atoms with Crippen LogP contribution >= 0.6 is 15.9 Å². The summed E-state index contributed by atoms with van der Waals surface area (Å²) in [6.07, 6.45) is 1.65. The summed E-state index contributed by atoms with van der Waals surface area (Å²) in [7, 11) is 0. The average molecular weight is 348 g/mol. The van der Waals surface area contributed by atoms with Gasteiger partial charge < -0.3 is 4.90 Å². The highest BCUT2D eigenvalue weighted by Gasteiger charge is 2.29. The summed E-state index contributed by atoms with van der Waals surface area (Å²) in [6.45, 7) is 2.03. The van der Waals surface area contributed by atoms with Gasteiger partial charge in [-0.05, 0) is 67.8 Å². The maximum absolute atomic E-state index is 13.4. The molecule has 0 spiro atoms. The van der Waals surface area contributed by atoms with E-state index in [4.69, 9.17) is 0 Å². The van der Waals surface area contributed by atoms with E-state index < -0.39 is 0 Å². The van der Waals surface area contributed by atoms with Crippen LogP contribution in [0.25, 0.3) is 0 Å². The Kier molecular flexibility index (Phi) is 3.81. The molecule has 1 heterocycles. The number of hydrogen-bond donors (Lipinski definition) is 0. The Morgan fingerprint density at radius 1 is 1.24 bits per heavy atom. The molecule has 21 heavy (non-hydrogen) atoms. The maximum atomic E-state index is 13.4. The second-order valence-electron chi connectivity index (χ2n) is 5.34. The normalized spacial score (nSPS) is 17.5. The zero-order chi connectivity index (χ0) is 15.0. The highest BCUT2D eigenvalue weighted by atomic mass is 79.9. The van der Waals surface area contributed by atoms with Crippen LogP contribution in [0.15, 0.2) is 46.9 Å². The molecule has 0 bridgehead atoms. The lowest BCUT2D eigenvalue weighted by atomic mass is 9.95. The fourth-order valence-corrected chi connectivity index (χ4v) is 3.03. The molecule has 0 unspecified atom stereocenters. The van der Waals surface area contributed by atoms with E-state index in [0.29, 0.717) is 5.56 Å². The molecule has 1 aliphatic rings. The molecule has 0 saturated carbocycles. The monoisotopic (exact) mass is 347 g/mol. The van der Waals surface area contributed by atoms with Gasteiger partial charge in [-0.2, -0.15) is 0 Å². The van der Waals surface area contributed by atoms with Crippen molar-refractivity contribution < 1.29 is 9.18 Å². The molecule has 0 aromatic heterocycles. The van der Waals surface area contributed by atoms with Crippen LogP contribution in [0, 0.1) is 5.82 Å². The molecule has 0 fully saturated rings. The standard InChI is InChI=1S/C17H15BrFNO/c1-11-2-3-13-10-15(19)8-9-16(13)20(11)17(21)12-4-6-14(18)7-5-12/h4-11H,2-3H2,1H3/t11-/m0/s1. The first-order valence-corrected chi connectivity index (χ1v) is 7.73. The molecule has 1 amide bonds. The van der Waals surface area contributed by atoms with Crippen LogP contribution in [0.5, 0.6) is 0 Å². The number of fused-ring (bicyclic) bond motifs is 1. The molecule has 2 aromatic carbocycles. The Balaban J connectivity index is 2.01. The largest absolute Gasteiger partial charge is 0.305 e. The van der Waals surface area contributed by atoms with Gasteiger partial charge in [0.15, 0.2) is 0 Å². The third kappa shape index (κ3) is 2.72. The molecule has 3 rings (SSSR count). The topological polar surface area (TPSA) is 20.3 Å². The van der Waals surface area contributed by atoms with Crippen LogP contribution in [0.4, 0.5) is 10.1 Å². The highest BCUT2D eigenvalue weighted by molar-refractivity contribution is 9.10. The third-order valence-corrected chi connectivity index (χ3v) is 4.41. The summed E-state index contributed by atoms with van der Waals surface area (Å²) >= 11 is 3.37. The predicted molar refractivity (Wildman–Crippen MR) is 85.1 cm³/mol. The molecular formula is C17H15BrFNO. The molecule has 0 radical (unpaired) electrons. The summed E-state index contributed by atoms with van der Waals surface area (Å²) < 4.78 is 14.3. The van der Waals surface area contributed by atoms with E-state index in [1.807, 2.05) is 19.1 Å². The molecule has 0 N–H and O–H groups in total. The van der Waals surface area contributed by atoms with Crippen molar-refractivity contribution in [3.63, 3.8) is 0 Å². The number of amides is 1. The minimum Gasteiger partial charge on any atom is -0.305 e. The Morgan fingerprint density at radius 3 is 2.67 bits per heavy atom. The predicted octanol–water partition coefficient (Wildman–Crippen LogP) is 4.57. The molecule has 2 aromatic rings. The molecule has 4 heteroatoms. The van der Waals surface area contributed by atoms with Crippen LogP contribution in [0.1, 0.15) is 29.3 Å². The summed E-state index contributed by atoms with van der Waals surface area (Å²) in [4.78, 5) is 14.6. The number of nitrogens with zero attached hydrogens (tertiary/aromatic N) is 1. The average Bonchev–Trinajstić information content (AvgIpc) is 2.47. The number of carbonyl (C=O) groups is 1. The minimum atomic E-state index is -0.251. The quantitative estimate of drug-likeness (QED) is 0.739. The SMILES string of the molecule is C[C@H]1CCc2cc(F)ccc2N1C(=O)c1ccc(Br)cc1. The van der Waals surface area contributed by atoms with Gasteiger partial charge in [-0.1, -0.05) is 15.9 Å². The van der Waals surface area contributed by atoms with Crippen molar-refractivity contribution >= 4 is 27.5 Å². The number of carbonyl (C=O) groups excluding carboxylic acids is 1. The van der Waals surface area contributed by atoms with Crippen LogP contribution in [0.2, 0.25) is 0 Å². The van der Waals surface area contributed by atoms with Gasteiger partial charge in [0.25, 0.3) is 5.91 Å². The summed E-state index contributed by atoms with van der Waals surface area (Å²) in [6, 6.07) is 12.1. The van der Waals surface area contributed by atoms with Crippen LogP contribution < -0.4 is 4.90 Å². The Bertz CT molecular complexity index is 684. The molecular weight excluding hydrogens is 333 g/mol. The molecule has 2 nitrogen and oxygen atoms in total. The fraction of sp³-hybridized carbons (Fsp3) is 0.235. The second-order valence-corrected chi connectivity index (χ2v) is 6.26. The van der Waals surface area contributed by atoms with E-state index in [2.05, 4.69) is 15.9 Å². The summed E-state index contributed by atoms with van der Waals surface area (Å²) in [5, 5.41) is 0. The maximum Gasteiger partial charge on any atom is 0.258 e. The van der Waals surface area contributed by atoms with Crippen LogP contribution in [0.3, 0.4) is 0 Å². The van der Waals surface area contributed by atoms with Gasteiger partial charge in [0.1, 0.15) is 5.82 Å². The van der Waals surface area contributed by atoms with E-state index >= 15 is 0 Å². The molecule has 108 valence electrons. The molecule has 0 aliphatic carbocycles. The number of anilines is 1. The first-order valence-electron chi connectivity index (χ1n) is 6.94. The van der Waals surface area contributed by atoms with E-state index in [-0.39, 0.29) is 17.8 Å². The van der Waals surface area contributed by atoms with Crippen molar-refractivity contribution in [1.29, 1.82) is 0 Å². The number of hydrogen-bond acceptors (Lipinski definition) is 1. The number of benzene rings is 2. The van der Waals surface area contributed by atoms with Crippen molar-refractivity contribution in [2.24, 2.45) is 0 Å². The third-order valence-electron chi connectivity index (χ3n) is 3.88. The number of rotatable bonds is 1. The Hall–Kier alpha value is -1.68. The van der Waals surface area contributed by atoms with Crippen molar-refractivity contribution in [2.45, 2.75) is 25.8 Å². The summed E-state index contributed by atoms with van der Waals surface area (Å²) in [5.74, 6) is -0.290. The van der Waals surface area contributed by atoms with Gasteiger partial charge in [-0.25, -0.2) is 4.39 Å². The lowest BCUT2D eigenvalue weighted by Crippen LogP contribution is -2.42. The minimum absolute atomic E-state index is 0.0393. The van der Waals surface area contributed by atoms with E-state index in [1.165, 1.54) is 12.1 Å². The van der Waals surface area contributed by atoms with Crippen LogP contribution in [-0.2, 0) is 6.42 Å². The Morgan fingerprint density at radius 2 is 1.95 bits per heavy atom. The van der Waals surface area contributed by atoms with E-state index in [1.54, 1.807) is 23.1 Å². The first-order chi connectivity index (χ1) is 10.1.